The molecule has 0 aromatic heterocycles. The van der Waals surface area contributed by atoms with Gasteiger partial charge in [-0.1, -0.05) is 13.3 Å². The lowest BCUT2D eigenvalue weighted by molar-refractivity contribution is -0.122. The van der Waals surface area contributed by atoms with Crippen molar-refractivity contribution < 1.29 is 14.6 Å². The molecule has 1 aliphatic heterocycles. The van der Waals surface area contributed by atoms with Crippen molar-refractivity contribution in [3.8, 4) is 0 Å². The second-order valence-corrected chi connectivity index (χ2v) is 5.12. The maximum atomic E-state index is 11.7. The molecule has 0 bridgehead atoms. The van der Waals surface area contributed by atoms with Gasteiger partial charge >= 0.3 is 0 Å². The van der Waals surface area contributed by atoms with E-state index in [4.69, 9.17) is 9.84 Å². The number of ether oxygens (including phenoxy) is 1. The number of rotatable bonds is 8. The van der Waals surface area contributed by atoms with Gasteiger partial charge in [0.2, 0.25) is 5.91 Å². The fourth-order valence-electron chi connectivity index (χ4n) is 2.31. The molecule has 2 unspecified atom stereocenters. The Balaban J connectivity index is 2.08. The molecule has 18 heavy (non-hydrogen) atoms. The zero-order valence-electron chi connectivity index (χ0n) is 11.5. The van der Waals surface area contributed by atoms with E-state index in [0.29, 0.717) is 18.9 Å². The number of nitrogens with one attached hydrogen (secondary N) is 1. The predicted octanol–water partition coefficient (Wildman–Crippen LogP) is 1.86. The molecule has 2 atom stereocenters. The number of amides is 1. The van der Waals surface area contributed by atoms with Crippen molar-refractivity contribution in [2.75, 3.05) is 19.8 Å². The fraction of sp³-hybridized carbons (Fsp3) is 0.929. The highest BCUT2D eigenvalue weighted by molar-refractivity contribution is 5.75. The summed E-state index contributed by atoms with van der Waals surface area (Å²) in [5.41, 5.74) is 0. The molecule has 4 nitrogen and oxygen atoms in total. The molecule has 0 aromatic rings. The summed E-state index contributed by atoms with van der Waals surface area (Å²) in [5.74, 6) is 0.505. The first-order valence-corrected chi connectivity index (χ1v) is 7.25. The van der Waals surface area contributed by atoms with Gasteiger partial charge < -0.3 is 15.2 Å². The minimum absolute atomic E-state index is 0.112. The van der Waals surface area contributed by atoms with Crippen LogP contribution in [0.1, 0.15) is 51.9 Å². The molecule has 1 saturated heterocycles. The zero-order valence-corrected chi connectivity index (χ0v) is 11.5. The lowest BCUT2D eigenvalue weighted by atomic mass is 10.0. The summed E-state index contributed by atoms with van der Waals surface area (Å²) in [6, 6.07) is 0. The van der Waals surface area contributed by atoms with E-state index in [-0.39, 0.29) is 18.6 Å². The normalized spacial score (nSPS) is 21.6. The van der Waals surface area contributed by atoms with Crippen molar-refractivity contribution in [2.24, 2.45) is 5.92 Å². The van der Waals surface area contributed by atoms with Gasteiger partial charge in [-0.05, 0) is 38.0 Å². The third-order valence-corrected chi connectivity index (χ3v) is 3.67. The summed E-state index contributed by atoms with van der Waals surface area (Å²) < 4.78 is 5.60. The number of hydrogen-bond donors (Lipinski definition) is 2. The summed E-state index contributed by atoms with van der Waals surface area (Å²) in [7, 11) is 0. The van der Waals surface area contributed by atoms with Crippen LogP contribution in [0.4, 0.5) is 0 Å². The van der Waals surface area contributed by atoms with Crippen molar-refractivity contribution in [1.29, 1.82) is 0 Å². The molecular formula is C14H27NO3. The van der Waals surface area contributed by atoms with Gasteiger partial charge in [-0.2, -0.15) is 0 Å². The molecule has 1 heterocycles. The highest BCUT2D eigenvalue weighted by Gasteiger charge is 2.15. The van der Waals surface area contributed by atoms with Crippen LogP contribution in [-0.4, -0.2) is 36.9 Å². The summed E-state index contributed by atoms with van der Waals surface area (Å²) in [5, 5.41) is 11.8. The maximum absolute atomic E-state index is 11.7. The Morgan fingerprint density at radius 1 is 1.50 bits per heavy atom. The van der Waals surface area contributed by atoms with Gasteiger partial charge in [0, 0.05) is 26.2 Å². The van der Waals surface area contributed by atoms with Gasteiger partial charge in [-0.15, -0.1) is 0 Å². The van der Waals surface area contributed by atoms with Crippen LogP contribution in [0.2, 0.25) is 0 Å². The van der Waals surface area contributed by atoms with Gasteiger partial charge in [-0.3, -0.25) is 4.79 Å². The van der Waals surface area contributed by atoms with E-state index < -0.39 is 0 Å². The molecule has 1 fully saturated rings. The molecule has 1 aliphatic rings. The van der Waals surface area contributed by atoms with Crippen LogP contribution in [-0.2, 0) is 9.53 Å². The molecule has 4 heteroatoms. The Bertz CT molecular complexity index is 216. The smallest absolute Gasteiger partial charge is 0.220 e. The Labute approximate surface area is 110 Å². The van der Waals surface area contributed by atoms with Crippen LogP contribution in [0.15, 0.2) is 0 Å². The van der Waals surface area contributed by atoms with Crippen LogP contribution >= 0.6 is 0 Å². The van der Waals surface area contributed by atoms with Gasteiger partial charge in [-0.25, -0.2) is 0 Å². The SMILES string of the molecule is CCC(CCO)CNC(=O)CCC1CCCCO1. The van der Waals surface area contributed by atoms with Crippen LogP contribution in [0.25, 0.3) is 0 Å². The Hall–Kier alpha value is -0.610. The van der Waals surface area contributed by atoms with Crippen LogP contribution in [0, 0.1) is 5.92 Å². The topological polar surface area (TPSA) is 58.6 Å². The lowest BCUT2D eigenvalue weighted by Gasteiger charge is -2.22. The zero-order chi connectivity index (χ0) is 13.2. The Morgan fingerprint density at radius 2 is 2.33 bits per heavy atom. The Morgan fingerprint density at radius 3 is 2.94 bits per heavy atom. The molecule has 0 radical (unpaired) electrons. The highest BCUT2D eigenvalue weighted by atomic mass is 16.5. The standard InChI is InChI=1S/C14H27NO3/c1-2-12(8-9-16)11-15-14(17)7-6-13-5-3-4-10-18-13/h12-13,16H,2-11H2,1H3,(H,15,17). The van der Waals surface area contributed by atoms with E-state index in [1.165, 1.54) is 6.42 Å². The van der Waals surface area contributed by atoms with E-state index in [1.807, 2.05) is 0 Å². The van der Waals surface area contributed by atoms with Crippen LogP contribution in [0.3, 0.4) is 0 Å². The van der Waals surface area contributed by atoms with E-state index in [0.717, 1.165) is 38.7 Å². The number of carbonyl (C=O) groups is 1. The minimum atomic E-state index is 0.112. The van der Waals surface area contributed by atoms with Gasteiger partial charge in [0.05, 0.1) is 6.10 Å². The van der Waals surface area contributed by atoms with Crippen molar-refractivity contribution in [2.45, 2.75) is 58.0 Å². The largest absolute Gasteiger partial charge is 0.396 e. The minimum Gasteiger partial charge on any atom is -0.396 e. The van der Waals surface area contributed by atoms with Crippen LogP contribution < -0.4 is 5.32 Å². The van der Waals surface area contributed by atoms with Gasteiger partial charge in [0.25, 0.3) is 0 Å². The number of carbonyl (C=O) groups excluding carboxylic acids is 1. The first-order valence-electron chi connectivity index (χ1n) is 7.25. The maximum Gasteiger partial charge on any atom is 0.220 e. The lowest BCUT2D eigenvalue weighted by Crippen LogP contribution is -2.30. The van der Waals surface area contributed by atoms with E-state index >= 15 is 0 Å². The van der Waals surface area contributed by atoms with Crippen molar-refractivity contribution >= 4 is 5.91 Å². The molecule has 2 N–H and O–H groups in total. The molecule has 1 rings (SSSR count). The molecule has 0 spiro atoms. The van der Waals surface area contributed by atoms with E-state index in [9.17, 15) is 4.79 Å². The van der Waals surface area contributed by atoms with Gasteiger partial charge in [0.1, 0.15) is 0 Å². The van der Waals surface area contributed by atoms with E-state index in [1.54, 1.807) is 0 Å². The Kier molecular flexibility index (Phi) is 8.01. The molecular weight excluding hydrogens is 230 g/mol. The number of hydrogen-bond acceptors (Lipinski definition) is 3. The summed E-state index contributed by atoms with van der Waals surface area (Å²) in [4.78, 5) is 11.7. The van der Waals surface area contributed by atoms with Crippen molar-refractivity contribution in [1.82, 2.24) is 5.32 Å². The van der Waals surface area contributed by atoms with Crippen molar-refractivity contribution in [3.63, 3.8) is 0 Å². The van der Waals surface area contributed by atoms with E-state index in [2.05, 4.69) is 12.2 Å². The molecule has 0 aliphatic carbocycles. The number of aliphatic hydroxyl groups excluding tert-OH is 1. The monoisotopic (exact) mass is 257 g/mol. The van der Waals surface area contributed by atoms with Crippen molar-refractivity contribution in [3.05, 3.63) is 0 Å². The van der Waals surface area contributed by atoms with Crippen LogP contribution in [0.5, 0.6) is 0 Å². The molecule has 106 valence electrons. The number of aliphatic hydroxyl groups is 1. The predicted molar refractivity (Wildman–Crippen MR) is 71.3 cm³/mol. The first-order chi connectivity index (χ1) is 8.76. The highest BCUT2D eigenvalue weighted by Crippen LogP contribution is 2.16. The first kappa shape index (κ1) is 15.4. The summed E-state index contributed by atoms with van der Waals surface area (Å²) in [6.07, 6.45) is 6.90. The second-order valence-electron chi connectivity index (χ2n) is 5.12. The summed E-state index contributed by atoms with van der Waals surface area (Å²) in [6.45, 7) is 3.81. The average molecular weight is 257 g/mol. The van der Waals surface area contributed by atoms with Gasteiger partial charge in [0.15, 0.2) is 0 Å². The molecule has 1 amide bonds. The molecule has 0 aromatic carbocycles. The second kappa shape index (κ2) is 9.34. The molecule has 0 saturated carbocycles. The summed E-state index contributed by atoms with van der Waals surface area (Å²) >= 11 is 0. The quantitative estimate of drug-likeness (QED) is 0.698. The fourth-order valence-corrected chi connectivity index (χ4v) is 2.31. The third-order valence-electron chi connectivity index (χ3n) is 3.67. The third kappa shape index (κ3) is 6.36. The average Bonchev–Trinajstić information content (AvgIpc) is 2.42.